The molecule has 1 rings (SSSR count). The van der Waals surface area contributed by atoms with Gasteiger partial charge in [0.2, 0.25) is 0 Å². The fourth-order valence-electron chi connectivity index (χ4n) is 1.65. The number of nitrogens with two attached hydrogens (primary N) is 1. The molecule has 0 saturated carbocycles. The molecule has 6 heteroatoms. The van der Waals surface area contributed by atoms with Gasteiger partial charge in [-0.2, -0.15) is 0 Å². The maximum Gasteiger partial charge on any atom is 0.257 e. The Bertz CT molecular complexity index is 491. The van der Waals surface area contributed by atoms with Crippen LogP contribution < -0.4 is 5.73 Å². The number of nitrogens with zero attached hydrogens (tertiary/aromatic N) is 1. The predicted octanol–water partition coefficient (Wildman–Crippen LogP) is 1.48. The first kappa shape index (κ1) is 15.2. The van der Waals surface area contributed by atoms with Gasteiger partial charge in [0.1, 0.15) is 0 Å². The van der Waals surface area contributed by atoms with Crippen LogP contribution in [0.2, 0.25) is 0 Å². The molecule has 1 atom stereocenters. The van der Waals surface area contributed by atoms with E-state index < -0.39 is 5.75 Å². The molecule has 0 spiro atoms. The zero-order valence-electron chi connectivity index (χ0n) is 11.0. The topological polar surface area (TPSA) is 86.8 Å². The molecule has 0 fully saturated rings. The molecule has 0 saturated heterocycles. The number of carbonyl (C=O) groups is 1. The van der Waals surface area contributed by atoms with Gasteiger partial charge in [0.15, 0.2) is 11.5 Å². The largest absolute Gasteiger partial charge is 0.504 e. The fourth-order valence-corrected chi connectivity index (χ4v) is 1.72. The second-order valence-electron chi connectivity index (χ2n) is 4.32. The van der Waals surface area contributed by atoms with E-state index in [-0.39, 0.29) is 23.1 Å². The lowest BCUT2D eigenvalue weighted by atomic mass is 10.1. The van der Waals surface area contributed by atoms with E-state index in [1.165, 1.54) is 23.1 Å². The number of carbonyl (C=O) groups excluding carboxylic acids is 1. The lowest BCUT2D eigenvalue weighted by Crippen LogP contribution is -2.38. The van der Waals surface area contributed by atoms with E-state index in [9.17, 15) is 15.0 Å². The third-order valence-electron chi connectivity index (χ3n) is 2.89. The zero-order chi connectivity index (χ0) is 14.6. The number of benzene rings is 1. The number of rotatable bonds is 5. The minimum Gasteiger partial charge on any atom is -0.504 e. The van der Waals surface area contributed by atoms with Gasteiger partial charge < -0.3 is 20.8 Å². The van der Waals surface area contributed by atoms with Crippen molar-refractivity contribution in [3.63, 3.8) is 0 Å². The average molecular weight is 282 g/mol. The first-order valence-electron chi connectivity index (χ1n) is 5.98. The van der Waals surface area contributed by atoms with Crippen LogP contribution in [0.4, 0.5) is 0 Å². The van der Waals surface area contributed by atoms with Crippen molar-refractivity contribution in [1.29, 1.82) is 0 Å². The minimum absolute atomic E-state index is 0.0667. The van der Waals surface area contributed by atoms with Crippen molar-refractivity contribution in [1.82, 2.24) is 4.90 Å². The van der Waals surface area contributed by atoms with Crippen molar-refractivity contribution in [3.05, 3.63) is 23.8 Å². The van der Waals surface area contributed by atoms with Gasteiger partial charge in [-0.1, -0.05) is 25.2 Å². The van der Waals surface area contributed by atoms with E-state index in [2.05, 4.69) is 0 Å². The molecule has 0 aromatic heterocycles. The molecule has 4 N–H and O–H groups in total. The molecule has 1 aromatic rings. The molecule has 0 radical (unpaired) electrons. The number of amides is 1. The van der Waals surface area contributed by atoms with Gasteiger partial charge in [0.25, 0.3) is 5.91 Å². The van der Waals surface area contributed by atoms with Gasteiger partial charge in [-0.25, -0.2) is 0 Å². The molecule has 1 amide bonds. The summed E-state index contributed by atoms with van der Waals surface area (Å²) in [5, 5.41) is 19.1. The van der Waals surface area contributed by atoms with Crippen molar-refractivity contribution in [3.8, 4) is 11.5 Å². The lowest BCUT2D eigenvalue weighted by Gasteiger charge is -2.24. The van der Waals surface area contributed by atoms with Crippen LogP contribution in [0.5, 0.6) is 11.5 Å². The van der Waals surface area contributed by atoms with Crippen LogP contribution in [-0.2, 0) is 0 Å². The number of hydrogen-bond acceptors (Lipinski definition) is 4. The number of thiocarbonyl (C=S) groups is 1. The van der Waals surface area contributed by atoms with Crippen LogP contribution in [0.15, 0.2) is 18.2 Å². The normalized spacial score (nSPS) is 11.9. The monoisotopic (exact) mass is 282 g/mol. The van der Waals surface area contributed by atoms with Crippen LogP contribution in [0, 0.1) is 5.92 Å². The van der Waals surface area contributed by atoms with Crippen molar-refractivity contribution in [2.75, 3.05) is 13.1 Å². The number of hydrogen-bond donors (Lipinski definition) is 3. The highest BCUT2D eigenvalue weighted by Gasteiger charge is 2.21. The van der Waals surface area contributed by atoms with E-state index in [0.717, 1.165) is 0 Å². The van der Waals surface area contributed by atoms with Crippen molar-refractivity contribution in [2.24, 2.45) is 11.7 Å². The summed E-state index contributed by atoms with van der Waals surface area (Å²) in [6.45, 7) is 4.49. The summed E-state index contributed by atoms with van der Waals surface area (Å²) in [5.41, 5.74) is 5.60. The SMILES string of the molecule is CCN(CC(C)C(N)=S)C(=O)c1cccc(O)c1O. The Labute approximate surface area is 117 Å². The third-order valence-corrected chi connectivity index (χ3v) is 3.30. The van der Waals surface area contributed by atoms with E-state index in [1.807, 2.05) is 13.8 Å². The molecular weight excluding hydrogens is 264 g/mol. The standard InChI is InChI=1S/C13H18N2O3S/c1-3-15(7-8(2)12(14)19)13(18)9-5-4-6-10(16)11(9)17/h4-6,8,16-17H,3,7H2,1-2H3,(H2,14,19). The Hall–Kier alpha value is -1.82. The summed E-state index contributed by atoms with van der Waals surface area (Å²) in [6, 6.07) is 4.29. The quantitative estimate of drug-likeness (QED) is 0.562. The Morgan fingerprint density at radius 3 is 2.63 bits per heavy atom. The van der Waals surface area contributed by atoms with Crippen molar-refractivity contribution >= 4 is 23.1 Å². The number of para-hydroxylation sites is 1. The number of aromatic hydroxyl groups is 2. The summed E-state index contributed by atoms with van der Waals surface area (Å²) in [5.74, 6) is -1.20. The Morgan fingerprint density at radius 1 is 1.47 bits per heavy atom. The van der Waals surface area contributed by atoms with Crippen LogP contribution in [0.3, 0.4) is 0 Å². The summed E-state index contributed by atoms with van der Waals surface area (Å²) >= 11 is 4.88. The minimum atomic E-state index is -0.408. The van der Waals surface area contributed by atoms with E-state index in [1.54, 1.807) is 0 Å². The smallest absolute Gasteiger partial charge is 0.257 e. The Balaban J connectivity index is 2.96. The van der Waals surface area contributed by atoms with E-state index >= 15 is 0 Å². The molecule has 0 aliphatic heterocycles. The highest BCUT2D eigenvalue weighted by atomic mass is 32.1. The maximum absolute atomic E-state index is 12.3. The Kier molecular flexibility index (Phi) is 5.11. The second-order valence-corrected chi connectivity index (χ2v) is 4.79. The van der Waals surface area contributed by atoms with Gasteiger partial charge in [0.05, 0.1) is 10.6 Å². The van der Waals surface area contributed by atoms with E-state index in [0.29, 0.717) is 18.1 Å². The third kappa shape index (κ3) is 3.57. The molecule has 1 aromatic carbocycles. The highest BCUT2D eigenvalue weighted by molar-refractivity contribution is 7.80. The number of phenolic OH excluding ortho intramolecular Hbond substituents is 2. The first-order chi connectivity index (χ1) is 8.88. The lowest BCUT2D eigenvalue weighted by molar-refractivity contribution is 0.0751. The summed E-state index contributed by atoms with van der Waals surface area (Å²) < 4.78 is 0. The van der Waals surface area contributed by atoms with Gasteiger partial charge >= 0.3 is 0 Å². The maximum atomic E-state index is 12.3. The summed E-state index contributed by atoms with van der Waals surface area (Å²) in [7, 11) is 0. The van der Waals surface area contributed by atoms with Crippen LogP contribution in [-0.4, -0.2) is 39.1 Å². The second kappa shape index (κ2) is 6.38. The van der Waals surface area contributed by atoms with E-state index in [4.69, 9.17) is 18.0 Å². The molecular formula is C13H18N2O3S. The molecule has 0 aliphatic rings. The molecule has 0 heterocycles. The first-order valence-corrected chi connectivity index (χ1v) is 6.38. The summed E-state index contributed by atoms with van der Waals surface area (Å²) in [6.07, 6.45) is 0. The van der Waals surface area contributed by atoms with Crippen LogP contribution in [0.25, 0.3) is 0 Å². The van der Waals surface area contributed by atoms with Gasteiger partial charge in [-0.15, -0.1) is 0 Å². The molecule has 1 unspecified atom stereocenters. The average Bonchev–Trinajstić information content (AvgIpc) is 2.38. The Morgan fingerprint density at radius 2 is 2.11 bits per heavy atom. The van der Waals surface area contributed by atoms with Crippen molar-refractivity contribution in [2.45, 2.75) is 13.8 Å². The van der Waals surface area contributed by atoms with Crippen molar-refractivity contribution < 1.29 is 15.0 Å². The molecule has 0 aliphatic carbocycles. The van der Waals surface area contributed by atoms with Gasteiger partial charge in [-0.3, -0.25) is 4.79 Å². The van der Waals surface area contributed by atoms with Crippen LogP contribution in [0.1, 0.15) is 24.2 Å². The van der Waals surface area contributed by atoms with Gasteiger partial charge in [-0.05, 0) is 19.1 Å². The molecule has 0 bridgehead atoms. The van der Waals surface area contributed by atoms with Crippen LogP contribution >= 0.6 is 12.2 Å². The molecule has 104 valence electrons. The zero-order valence-corrected chi connectivity index (χ0v) is 11.8. The number of phenols is 2. The molecule has 5 nitrogen and oxygen atoms in total. The molecule has 19 heavy (non-hydrogen) atoms. The summed E-state index contributed by atoms with van der Waals surface area (Å²) in [4.78, 5) is 14.1. The highest BCUT2D eigenvalue weighted by Crippen LogP contribution is 2.29. The van der Waals surface area contributed by atoms with Gasteiger partial charge in [0, 0.05) is 19.0 Å². The fraction of sp³-hybridized carbons (Fsp3) is 0.385. The predicted molar refractivity (Wildman–Crippen MR) is 77.3 cm³/mol.